The molecule has 2 unspecified atom stereocenters. The van der Waals surface area contributed by atoms with Crippen molar-refractivity contribution < 1.29 is 14.3 Å². The van der Waals surface area contributed by atoms with E-state index in [2.05, 4.69) is 18.0 Å². The van der Waals surface area contributed by atoms with Gasteiger partial charge in [0.15, 0.2) is 0 Å². The second-order valence-corrected chi connectivity index (χ2v) is 7.98. The van der Waals surface area contributed by atoms with Crippen LogP contribution in [0, 0.1) is 6.92 Å². The van der Waals surface area contributed by atoms with Crippen LogP contribution >= 0.6 is 0 Å². The lowest BCUT2D eigenvalue weighted by atomic mass is 9.82. The molecule has 1 aromatic rings. The molecule has 0 spiro atoms. The first kappa shape index (κ1) is 17.8. The zero-order chi connectivity index (χ0) is 18.2. The Kier molecular flexibility index (Phi) is 4.76. The minimum absolute atomic E-state index is 0.110. The van der Waals surface area contributed by atoms with Crippen LogP contribution in [0.15, 0.2) is 18.3 Å². The molecule has 0 radical (unpaired) electrons. The van der Waals surface area contributed by atoms with Gasteiger partial charge in [-0.2, -0.15) is 0 Å². The number of methoxy groups -OCH3 is 1. The summed E-state index contributed by atoms with van der Waals surface area (Å²) in [5.41, 5.74) is 3.12. The molecule has 0 N–H and O–H groups in total. The number of fused-ring (bicyclic) bond motifs is 2. The molecule has 2 aliphatic heterocycles. The predicted molar refractivity (Wildman–Crippen MR) is 97.6 cm³/mol. The van der Waals surface area contributed by atoms with E-state index in [0.717, 1.165) is 36.8 Å². The molecule has 0 saturated carbocycles. The molecule has 136 valence electrons. The highest BCUT2D eigenvalue weighted by Crippen LogP contribution is 2.38. The minimum atomic E-state index is -0.466. The maximum atomic E-state index is 12.7. The number of ether oxygens (including phenoxy) is 2. The standard InChI is InChI=1S/C20H28N2O3/c1-13-9-18(24-5)21-12-17(13)14-10-15-7-6-8-16(11-14)22(15)19(23)25-20(2,3)4/h9-10,12,15-16H,6-8,11H2,1-5H3. The molecular weight excluding hydrogens is 316 g/mol. The summed E-state index contributed by atoms with van der Waals surface area (Å²) in [6.45, 7) is 7.82. The molecule has 0 aromatic carbocycles. The maximum Gasteiger partial charge on any atom is 0.411 e. The summed E-state index contributed by atoms with van der Waals surface area (Å²) in [4.78, 5) is 19.0. The number of aromatic nitrogens is 1. The number of amides is 1. The fraction of sp³-hybridized carbons (Fsp3) is 0.600. The molecule has 2 atom stereocenters. The Bertz CT molecular complexity index is 691. The van der Waals surface area contributed by atoms with Crippen LogP contribution in [0.25, 0.3) is 5.57 Å². The monoisotopic (exact) mass is 344 g/mol. The van der Waals surface area contributed by atoms with Crippen molar-refractivity contribution in [1.82, 2.24) is 9.88 Å². The van der Waals surface area contributed by atoms with Gasteiger partial charge in [0.25, 0.3) is 0 Å². The highest BCUT2D eigenvalue weighted by molar-refractivity contribution is 5.75. The van der Waals surface area contributed by atoms with Crippen molar-refractivity contribution >= 4 is 11.7 Å². The van der Waals surface area contributed by atoms with E-state index in [0.29, 0.717) is 5.88 Å². The van der Waals surface area contributed by atoms with E-state index in [-0.39, 0.29) is 18.2 Å². The van der Waals surface area contributed by atoms with Crippen molar-refractivity contribution in [3.8, 4) is 5.88 Å². The van der Waals surface area contributed by atoms with Crippen LogP contribution in [-0.2, 0) is 4.74 Å². The SMILES string of the molecule is COc1cc(C)c(C2=CC3CCCC(C2)N3C(=O)OC(C)(C)C)cn1. The van der Waals surface area contributed by atoms with E-state index in [1.807, 2.05) is 37.9 Å². The van der Waals surface area contributed by atoms with Gasteiger partial charge in [-0.25, -0.2) is 9.78 Å². The molecule has 2 bridgehead atoms. The lowest BCUT2D eigenvalue weighted by Crippen LogP contribution is -2.53. The van der Waals surface area contributed by atoms with E-state index in [4.69, 9.17) is 9.47 Å². The quantitative estimate of drug-likeness (QED) is 0.800. The van der Waals surface area contributed by atoms with E-state index in [1.165, 1.54) is 5.57 Å². The second-order valence-electron chi connectivity index (χ2n) is 7.98. The lowest BCUT2D eigenvalue weighted by molar-refractivity contribution is 0.0000854. The zero-order valence-electron chi connectivity index (χ0n) is 15.8. The molecule has 3 rings (SSSR count). The van der Waals surface area contributed by atoms with Crippen molar-refractivity contribution in [1.29, 1.82) is 0 Å². The van der Waals surface area contributed by atoms with Gasteiger partial charge in [0, 0.05) is 18.3 Å². The van der Waals surface area contributed by atoms with Gasteiger partial charge in [-0.15, -0.1) is 0 Å². The van der Waals surface area contributed by atoms with Gasteiger partial charge in [-0.3, -0.25) is 4.90 Å². The Balaban J connectivity index is 1.87. The van der Waals surface area contributed by atoms with Crippen LogP contribution in [0.1, 0.15) is 57.6 Å². The number of hydrogen-bond donors (Lipinski definition) is 0. The smallest absolute Gasteiger partial charge is 0.411 e. The van der Waals surface area contributed by atoms with E-state index in [1.54, 1.807) is 7.11 Å². The molecule has 0 aliphatic carbocycles. The fourth-order valence-electron chi connectivity index (χ4n) is 3.81. The molecule has 3 heterocycles. The van der Waals surface area contributed by atoms with Crippen LogP contribution in [-0.4, -0.2) is 40.8 Å². The van der Waals surface area contributed by atoms with Crippen LogP contribution in [0.2, 0.25) is 0 Å². The first-order valence-corrected chi connectivity index (χ1v) is 9.01. The zero-order valence-corrected chi connectivity index (χ0v) is 15.8. The Morgan fingerprint density at radius 3 is 2.68 bits per heavy atom. The average Bonchev–Trinajstić information content (AvgIpc) is 2.51. The van der Waals surface area contributed by atoms with Crippen LogP contribution in [0.3, 0.4) is 0 Å². The highest BCUT2D eigenvalue weighted by Gasteiger charge is 2.39. The Labute approximate surface area is 150 Å². The van der Waals surface area contributed by atoms with E-state index >= 15 is 0 Å². The van der Waals surface area contributed by atoms with Crippen LogP contribution in [0.4, 0.5) is 4.79 Å². The molecule has 1 saturated heterocycles. The molecule has 1 aromatic heterocycles. The van der Waals surface area contributed by atoms with Gasteiger partial charge in [0.2, 0.25) is 5.88 Å². The van der Waals surface area contributed by atoms with Gasteiger partial charge in [-0.1, -0.05) is 6.08 Å². The van der Waals surface area contributed by atoms with E-state index in [9.17, 15) is 4.79 Å². The Morgan fingerprint density at radius 1 is 1.32 bits per heavy atom. The first-order chi connectivity index (χ1) is 11.8. The van der Waals surface area contributed by atoms with Gasteiger partial charge < -0.3 is 9.47 Å². The molecule has 5 nitrogen and oxygen atoms in total. The highest BCUT2D eigenvalue weighted by atomic mass is 16.6. The third-order valence-corrected chi connectivity index (χ3v) is 4.88. The van der Waals surface area contributed by atoms with Crippen LogP contribution < -0.4 is 4.74 Å². The second kappa shape index (κ2) is 6.70. The lowest BCUT2D eigenvalue weighted by Gasteiger charge is -2.45. The largest absolute Gasteiger partial charge is 0.481 e. The van der Waals surface area contributed by atoms with Gasteiger partial charge in [-0.05, 0) is 70.1 Å². The summed E-state index contributed by atoms with van der Waals surface area (Å²) < 4.78 is 10.8. The molecule has 5 heteroatoms. The number of piperidine rings is 1. The number of carbonyl (C=O) groups excluding carboxylic acids is 1. The summed E-state index contributed by atoms with van der Waals surface area (Å²) in [6, 6.07) is 2.28. The Morgan fingerprint density at radius 2 is 2.08 bits per heavy atom. The van der Waals surface area contributed by atoms with Crippen molar-refractivity contribution in [3.63, 3.8) is 0 Å². The summed E-state index contributed by atoms with van der Waals surface area (Å²) >= 11 is 0. The normalized spacial score (nSPS) is 23.1. The number of aryl methyl sites for hydroxylation is 1. The third kappa shape index (κ3) is 3.80. The minimum Gasteiger partial charge on any atom is -0.481 e. The van der Waals surface area contributed by atoms with Gasteiger partial charge in [0.05, 0.1) is 13.2 Å². The summed E-state index contributed by atoms with van der Waals surface area (Å²) in [6.07, 6.45) is 7.94. The third-order valence-electron chi connectivity index (χ3n) is 4.88. The maximum absolute atomic E-state index is 12.7. The molecular formula is C20H28N2O3. The van der Waals surface area contributed by atoms with Gasteiger partial charge in [0.1, 0.15) is 5.60 Å². The van der Waals surface area contributed by atoms with Crippen LogP contribution in [0.5, 0.6) is 5.88 Å². The Hall–Kier alpha value is -2.04. The number of pyridine rings is 1. The van der Waals surface area contributed by atoms with Crippen molar-refractivity contribution in [3.05, 3.63) is 29.5 Å². The summed E-state index contributed by atoms with van der Waals surface area (Å²) in [7, 11) is 1.63. The van der Waals surface area contributed by atoms with Gasteiger partial charge >= 0.3 is 6.09 Å². The number of hydrogen-bond acceptors (Lipinski definition) is 4. The molecule has 25 heavy (non-hydrogen) atoms. The first-order valence-electron chi connectivity index (χ1n) is 9.01. The average molecular weight is 344 g/mol. The van der Waals surface area contributed by atoms with E-state index < -0.39 is 5.60 Å². The predicted octanol–water partition coefficient (Wildman–Crippen LogP) is 4.34. The number of nitrogens with zero attached hydrogens (tertiary/aromatic N) is 2. The topological polar surface area (TPSA) is 51.7 Å². The summed E-state index contributed by atoms with van der Waals surface area (Å²) in [5.74, 6) is 0.633. The molecule has 1 amide bonds. The van der Waals surface area contributed by atoms with Crippen molar-refractivity contribution in [2.24, 2.45) is 0 Å². The number of carbonyl (C=O) groups is 1. The molecule has 1 fully saturated rings. The van der Waals surface area contributed by atoms with Crippen molar-refractivity contribution in [2.45, 2.75) is 71.1 Å². The fourth-order valence-corrected chi connectivity index (χ4v) is 3.81. The number of rotatable bonds is 2. The van der Waals surface area contributed by atoms with Crippen molar-refractivity contribution in [2.75, 3.05) is 7.11 Å². The summed E-state index contributed by atoms with van der Waals surface area (Å²) in [5, 5.41) is 0. The molecule has 2 aliphatic rings.